The van der Waals surface area contributed by atoms with Crippen LogP contribution in [0.3, 0.4) is 0 Å². The number of nitrogens with zero attached hydrogens (tertiary/aromatic N) is 3. The van der Waals surface area contributed by atoms with Crippen LogP contribution in [0.15, 0.2) is 6.20 Å². The van der Waals surface area contributed by atoms with E-state index < -0.39 is 0 Å². The van der Waals surface area contributed by atoms with Crippen LogP contribution in [0.25, 0.3) is 0 Å². The molecule has 0 aliphatic carbocycles. The predicted molar refractivity (Wildman–Crippen MR) is 69.5 cm³/mol. The van der Waals surface area contributed by atoms with E-state index in [0.29, 0.717) is 25.2 Å². The predicted octanol–water partition coefficient (Wildman–Crippen LogP) is -0.649. The third kappa shape index (κ3) is 3.31. The minimum Gasteiger partial charge on any atom is -0.369 e. The number of carbonyl (C=O) groups excluding carboxylic acids is 2. The number of nitrogens with two attached hydrogens (primary N) is 1. The third-order valence-electron chi connectivity index (χ3n) is 3.32. The van der Waals surface area contributed by atoms with Gasteiger partial charge in [0.25, 0.3) is 5.91 Å². The Morgan fingerprint density at radius 3 is 2.79 bits per heavy atom. The molecule has 0 atom stereocenters. The highest BCUT2D eigenvalue weighted by Gasteiger charge is 2.22. The van der Waals surface area contributed by atoms with Gasteiger partial charge in [-0.05, 0) is 13.3 Å². The quantitative estimate of drug-likeness (QED) is 0.759. The van der Waals surface area contributed by atoms with Gasteiger partial charge >= 0.3 is 0 Å². The lowest BCUT2D eigenvalue weighted by Crippen LogP contribution is -2.38. The van der Waals surface area contributed by atoms with Gasteiger partial charge in [-0.25, -0.2) is 0 Å². The smallest absolute Gasteiger partial charge is 0.257 e. The Balaban J connectivity index is 1.97. The largest absolute Gasteiger partial charge is 0.369 e. The number of rotatable bonds is 3. The van der Waals surface area contributed by atoms with E-state index in [1.807, 2.05) is 11.8 Å². The standard InChI is InChI=1S/C12H19N5O2/c1-9-10(7-14-15-9)12(19)17-4-2-3-16(5-6-17)8-11(13)18/h7H,2-6,8H2,1H3,(H2,13,18)(H,14,15). The van der Waals surface area contributed by atoms with Crippen molar-refractivity contribution in [2.45, 2.75) is 13.3 Å². The lowest BCUT2D eigenvalue weighted by molar-refractivity contribution is -0.119. The zero-order valence-electron chi connectivity index (χ0n) is 11.1. The van der Waals surface area contributed by atoms with Crippen LogP contribution in [0.5, 0.6) is 0 Å². The second-order valence-corrected chi connectivity index (χ2v) is 4.80. The third-order valence-corrected chi connectivity index (χ3v) is 3.32. The van der Waals surface area contributed by atoms with Gasteiger partial charge in [-0.2, -0.15) is 5.10 Å². The molecule has 7 nitrogen and oxygen atoms in total. The highest BCUT2D eigenvalue weighted by molar-refractivity contribution is 5.95. The molecule has 0 radical (unpaired) electrons. The number of amides is 2. The molecule has 1 saturated heterocycles. The van der Waals surface area contributed by atoms with Gasteiger partial charge in [0.1, 0.15) is 0 Å². The number of nitrogens with one attached hydrogen (secondary N) is 1. The second-order valence-electron chi connectivity index (χ2n) is 4.80. The summed E-state index contributed by atoms with van der Waals surface area (Å²) in [5.74, 6) is -0.336. The Hall–Kier alpha value is -1.89. The first-order chi connectivity index (χ1) is 9.08. The first kappa shape index (κ1) is 13.5. The molecule has 1 aliphatic heterocycles. The molecule has 0 bridgehead atoms. The minimum atomic E-state index is -0.328. The Labute approximate surface area is 111 Å². The second kappa shape index (κ2) is 5.83. The summed E-state index contributed by atoms with van der Waals surface area (Å²) < 4.78 is 0. The summed E-state index contributed by atoms with van der Waals surface area (Å²) in [6.45, 7) is 4.85. The first-order valence-corrected chi connectivity index (χ1v) is 6.38. The van der Waals surface area contributed by atoms with Crippen LogP contribution in [0.4, 0.5) is 0 Å². The van der Waals surface area contributed by atoms with Gasteiger partial charge in [0.2, 0.25) is 5.91 Å². The molecule has 104 valence electrons. The number of hydrogen-bond donors (Lipinski definition) is 2. The molecule has 0 unspecified atom stereocenters. The highest BCUT2D eigenvalue weighted by atomic mass is 16.2. The van der Waals surface area contributed by atoms with Crippen molar-refractivity contribution in [3.05, 3.63) is 17.5 Å². The normalized spacial score (nSPS) is 17.2. The Morgan fingerprint density at radius 2 is 2.16 bits per heavy atom. The van der Waals surface area contributed by atoms with Crippen LogP contribution in [-0.4, -0.2) is 64.5 Å². The first-order valence-electron chi connectivity index (χ1n) is 6.38. The van der Waals surface area contributed by atoms with Gasteiger partial charge in [-0.1, -0.05) is 0 Å². The molecule has 1 fully saturated rings. The van der Waals surface area contributed by atoms with E-state index in [4.69, 9.17) is 5.73 Å². The summed E-state index contributed by atoms with van der Waals surface area (Å²) in [4.78, 5) is 27.0. The Bertz CT molecular complexity index is 470. The summed E-state index contributed by atoms with van der Waals surface area (Å²) in [6.07, 6.45) is 2.40. The van der Waals surface area contributed by atoms with E-state index in [9.17, 15) is 9.59 Å². The van der Waals surface area contributed by atoms with Crippen LogP contribution in [0.2, 0.25) is 0 Å². The summed E-state index contributed by atoms with van der Waals surface area (Å²) >= 11 is 0. The molecule has 19 heavy (non-hydrogen) atoms. The van der Waals surface area contributed by atoms with Gasteiger partial charge in [-0.15, -0.1) is 0 Å². The van der Waals surface area contributed by atoms with Crippen LogP contribution in [-0.2, 0) is 4.79 Å². The maximum absolute atomic E-state index is 12.3. The highest BCUT2D eigenvalue weighted by Crippen LogP contribution is 2.10. The van der Waals surface area contributed by atoms with Crippen molar-refractivity contribution in [3.8, 4) is 0 Å². The maximum Gasteiger partial charge on any atom is 0.257 e. The average molecular weight is 265 g/mol. The van der Waals surface area contributed by atoms with E-state index in [1.54, 1.807) is 11.1 Å². The molecule has 2 heterocycles. The van der Waals surface area contributed by atoms with Crippen LogP contribution >= 0.6 is 0 Å². The maximum atomic E-state index is 12.3. The fraction of sp³-hybridized carbons (Fsp3) is 0.583. The fourth-order valence-electron chi connectivity index (χ4n) is 2.29. The van der Waals surface area contributed by atoms with Gasteiger partial charge in [-0.3, -0.25) is 19.6 Å². The summed E-state index contributed by atoms with van der Waals surface area (Å²) in [7, 11) is 0. The average Bonchev–Trinajstić information content (AvgIpc) is 2.64. The molecular weight excluding hydrogens is 246 g/mol. The summed E-state index contributed by atoms with van der Waals surface area (Å²) in [5, 5.41) is 6.64. The molecule has 0 spiro atoms. The van der Waals surface area contributed by atoms with Crippen molar-refractivity contribution in [2.75, 3.05) is 32.7 Å². The van der Waals surface area contributed by atoms with Gasteiger partial charge in [0.15, 0.2) is 0 Å². The fourth-order valence-corrected chi connectivity index (χ4v) is 2.29. The number of aromatic amines is 1. The van der Waals surface area contributed by atoms with Crippen molar-refractivity contribution in [3.63, 3.8) is 0 Å². The van der Waals surface area contributed by atoms with Gasteiger partial charge in [0.05, 0.1) is 18.3 Å². The van der Waals surface area contributed by atoms with Crippen molar-refractivity contribution in [2.24, 2.45) is 5.73 Å². The molecule has 0 aromatic carbocycles. The van der Waals surface area contributed by atoms with Crippen molar-refractivity contribution >= 4 is 11.8 Å². The topological polar surface area (TPSA) is 95.3 Å². The van der Waals surface area contributed by atoms with Crippen LogP contribution in [0, 0.1) is 6.92 Å². The van der Waals surface area contributed by atoms with E-state index in [-0.39, 0.29) is 18.4 Å². The Kier molecular flexibility index (Phi) is 4.16. The SMILES string of the molecule is Cc1[nH]ncc1C(=O)N1CCCN(CC(N)=O)CC1. The van der Waals surface area contributed by atoms with Gasteiger partial charge < -0.3 is 10.6 Å². The van der Waals surface area contributed by atoms with Crippen molar-refractivity contribution < 1.29 is 9.59 Å². The van der Waals surface area contributed by atoms with Gasteiger partial charge in [0, 0.05) is 31.9 Å². The molecule has 0 saturated carbocycles. The van der Waals surface area contributed by atoms with E-state index in [0.717, 1.165) is 18.7 Å². The number of primary amides is 1. The van der Waals surface area contributed by atoms with Crippen molar-refractivity contribution in [1.82, 2.24) is 20.0 Å². The van der Waals surface area contributed by atoms with E-state index >= 15 is 0 Å². The lowest BCUT2D eigenvalue weighted by Gasteiger charge is -2.21. The lowest BCUT2D eigenvalue weighted by atomic mass is 10.2. The summed E-state index contributed by atoms with van der Waals surface area (Å²) in [5.41, 5.74) is 6.59. The zero-order valence-corrected chi connectivity index (χ0v) is 11.1. The Morgan fingerprint density at radius 1 is 1.37 bits per heavy atom. The minimum absolute atomic E-state index is 0.00725. The molecule has 1 aromatic heterocycles. The van der Waals surface area contributed by atoms with Crippen LogP contribution < -0.4 is 5.73 Å². The molecule has 2 rings (SSSR count). The summed E-state index contributed by atoms with van der Waals surface area (Å²) in [6, 6.07) is 0. The number of hydrogen-bond acceptors (Lipinski definition) is 4. The molecule has 1 aromatic rings. The molecule has 3 N–H and O–H groups in total. The number of aryl methyl sites for hydroxylation is 1. The number of aromatic nitrogens is 2. The molecular formula is C12H19N5O2. The number of H-pyrrole nitrogens is 1. The monoisotopic (exact) mass is 265 g/mol. The molecule has 7 heteroatoms. The zero-order chi connectivity index (χ0) is 13.8. The number of carbonyl (C=O) groups is 2. The molecule has 2 amide bonds. The van der Waals surface area contributed by atoms with Crippen LogP contribution in [0.1, 0.15) is 22.5 Å². The van der Waals surface area contributed by atoms with E-state index in [2.05, 4.69) is 10.2 Å². The van der Waals surface area contributed by atoms with E-state index in [1.165, 1.54) is 0 Å². The van der Waals surface area contributed by atoms with Crippen molar-refractivity contribution in [1.29, 1.82) is 0 Å². The molecule has 1 aliphatic rings.